The lowest BCUT2D eigenvalue weighted by Crippen LogP contribution is -2.59. The van der Waals surface area contributed by atoms with Gasteiger partial charge >= 0.3 is 18.1 Å². The molecule has 1 aliphatic rings. The number of aliphatic hydroxyl groups excluding tert-OH is 1. The van der Waals surface area contributed by atoms with E-state index in [9.17, 15) is 77.2 Å². The average Bonchev–Trinajstić information content (AvgIpc) is 4.05. The fourth-order valence-corrected chi connectivity index (χ4v) is 8.33. The smallest absolute Gasteiger partial charge is 0.480 e. The van der Waals surface area contributed by atoms with Crippen LogP contribution in [0.3, 0.4) is 0 Å². The van der Waals surface area contributed by atoms with Gasteiger partial charge in [-0.3, -0.25) is 54.0 Å². The fourth-order valence-electron chi connectivity index (χ4n) is 7.86. The number of aromatic amines is 1. The summed E-state index contributed by atoms with van der Waals surface area (Å²) in [6.07, 6.45) is -0.842. The van der Waals surface area contributed by atoms with E-state index >= 15 is 0 Å². The Bertz CT molecular complexity index is 2670. The van der Waals surface area contributed by atoms with Crippen molar-refractivity contribution >= 4 is 93.1 Å². The number of carbonyl (C=O) groups excluding carboxylic acids is 6. The van der Waals surface area contributed by atoms with Gasteiger partial charge in [-0.15, -0.1) is 0 Å². The van der Waals surface area contributed by atoms with Crippen molar-refractivity contribution in [2.45, 2.75) is 101 Å². The molecule has 78 heavy (non-hydrogen) atoms. The second kappa shape index (κ2) is 30.5. The minimum absolute atomic E-state index is 0.00159. The van der Waals surface area contributed by atoms with Gasteiger partial charge in [0.25, 0.3) is 11.4 Å². The van der Waals surface area contributed by atoms with Crippen LogP contribution in [0, 0.1) is 26.1 Å². The lowest BCUT2D eigenvalue weighted by atomic mass is 10.0. The van der Waals surface area contributed by atoms with Crippen LogP contribution >= 0.6 is 11.8 Å². The number of H-pyrrole nitrogens is 1. The summed E-state index contributed by atoms with van der Waals surface area (Å²) in [4.78, 5) is 133. The standard InChI is InChI=1S/C44H61N13O13S.C2HF3O2/c1-24(2)18-31(53-42(64)35-11-7-16-55(35)34-13-12-26(56(67)68)20-36(34)57(69)70)38(60)49-22-37(59)50-29(14-17-71-3)39(61)52-32(19-25-21-48-28-9-5-4-8-27(25)28)40(62)54-33(23-58)41(63)51-30(43(65)66)10-6-15-47-44(45)46;3-2(4,5)1(6)7/h4-5,8-9,12-13,20-21,24,29-33,35,48,58H,6-7,10-11,14-19,22-23H2,1-3H3,(H,49,60)(H,50,59)(H,51,63)(H,52,61)(H,53,64)(H,54,62)(H,65,66)(H4,45,46,47);(H,6,7)/t29-,30-,31-,32-,33-,35-;/m0./s1. The van der Waals surface area contributed by atoms with E-state index < -0.39 is 124 Å². The van der Waals surface area contributed by atoms with Crippen LogP contribution in [0.25, 0.3) is 10.9 Å². The molecule has 1 fully saturated rings. The third kappa shape index (κ3) is 20.0. The number of nitrogens with zero attached hydrogens (tertiary/aromatic N) is 4. The topological polar surface area (TPSA) is 439 Å². The number of hydrogen-bond acceptors (Lipinski definition) is 16. The van der Waals surface area contributed by atoms with E-state index in [0.29, 0.717) is 23.1 Å². The quantitative estimate of drug-likeness (QED) is 0.0153. The zero-order chi connectivity index (χ0) is 58.4. The molecule has 14 N–H and O–H groups in total. The molecule has 0 saturated carbocycles. The number of nitrogens with two attached hydrogens (primary N) is 2. The predicted octanol–water partition coefficient (Wildman–Crippen LogP) is 0.299. The summed E-state index contributed by atoms with van der Waals surface area (Å²) in [6.45, 7) is 2.31. The number of carboxylic acid groups (broad SMARTS) is 2. The Kier molecular flexibility index (Phi) is 25.0. The van der Waals surface area contributed by atoms with Crippen molar-refractivity contribution in [3.05, 3.63) is 74.5 Å². The molecule has 2 aromatic carbocycles. The molecule has 0 radical (unpaired) electrons. The number of alkyl halides is 3. The van der Waals surface area contributed by atoms with Crippen molar-refractivity contribution in [1.29, 1.82) is 0 Å². The number of carboxylic acids is 2. The first-order valence-electron chi connectivity index (χ1n) is 23.9. The normalized spacial score (nSPS) is 15.0. The number of aliphatic imine (C=N–C) groups is 1. The number of fused-ring (bicyclic) bond motifs is 1. The minimum Gasteiger partial charge on any atom is -0.480 e. The number of guanidine groups is 1. The predicted molar refractivity (Wildman–Crippen MR) is 276 cm³/mol. The number of hydrogen-bond donors (Lipinski definition) is 12. The van der Waals surface area contributed by atoms with Gasteiger partial charge in [-0.05, 0) is 74.1 Å². The Morgan fingerprint density at radius 2 is 1.49 bits per heavy atom. The van der Waals surface area contributed by atoms with E-state index in [1.165, 1.54) is 22.7 Å². The zero-order valence-electron chi connectivity index (χ0n) is 42.4. The van der Waals surface area contributed by atoms with Crippen molar-refractivity contribution < 1.29 is 76.7 Å². The van der Waals surface area contributed by atoms with Crippen LogP contribution < -0.4 is 48.3 Å². The first kappa shape index (κ1) is 64.0. The summed E-state index contributed by atoms with van der Waals surface area (Å²) in [5.41, 5.74) is 10.9. The molecule has 2 heterocycles. The monoisotopic (exact) mass is 1130 g/mol. The Balaban J connectivity index is 0.00000213. The highest BCUT2D eigenvalue weighted by molar-refractivity contribution is 7.98. The Hall–Kier alpha value is -8.29. The molecule has 0 aliphatic carbocycles. The van der Waals surface area contributed by atoms with Gasteiger partial charge in [0.05, 0.1) is 29.1 Å². The molecule has 4 rings (SSSR count). The summed E-state index contributed by atoms with van der Waals surface area (Å²) in [7, 11) is 0. The molecule has 6 amide bonds. The fraction of sp³-hybridized carbons (Fsp3) is 0.500. The summed E-state index contributed by atoms with van der Waals surface area (Å²) in [5.74, 6) is -9.06. The number of aliphatic carboxylic acids is 2. The number of anilines is 1. The number of nitro groups is 2. The van der Waals surface area contributed by atoms with Crippen LogP contribution in [-0.2, 0) is 44.8 Å². The maximum absolute atomic E-state index is 14.1. The van der Waals surface area contributed by atoms with Gasteiger partial charge < -0.3 is 68.6 Å². The number of halogens is 3. The third-order valence-electron chi connectivity index (χ3n) is 11.6. The van der Waals surface area contributed by atoms with E-state index in [1.807, 2.05) is 0 Å². The van der Waals surface area contributed by atoms with Crippen LogP contribution in [0.5, 0.6) is 0 Å². The van der Waals surface area contributed by atoms with Crippen molar-refractivity contribution in [2.24, 2.45) is 22.4 Å². The SMILES string of the molecule is CSCC[C@H](NC(=O)CNC(=O)[C@H](CC(C)C)NC(=O)[C@@H]1CCCN1c1ccc([N+](=O)[O-])cc1[N+](=O)[O-])C(=O)N[C@@H](Cc1c[nH]c2ccccc12)C(=O)N[C@@H](CO)C(=O)N[C@@H](CCCN=C(N)N)C(=O)O.O=C(O)C(F)(F)F. The molecule has 1 aromatic heterocycles. The molecule has 6 atom stereocenters. The molecule has 428 valence electrons. The number of non-ortho nitro benzene ring substituents is 1. The van der Waals surface area contributed by atoms with E-state index in [4.69, 9.17) is 21.4 Å². The van der Waals surface area contributed by atoms with Crippen molar-refractivity contribution in [3.63, 3.8) is 0 Å². The highest BCUT2D eigenvalue weighted by atomic mass is 32.2. The Morgan fingerprint density at radius 3 is 2.08 bits per heavy atom. The van der Waals surface area contributed by atoms with Crippen LogP contribution in [0.2, 0.25) is 0 Å². The highest BCUT2D eigenvalue weighted by Gasteiger charge is 2.39. The second-order valence-electron chi connectivity index (χ2n) is 17.9. The van der Waals surface area contributed by atoms with E-state index in [1.54, 1.807) is 50.6 Å². The number of rotatable bonds is 28. The van der Waals surface area contributed by atoms with E-state index in [0.717, 1.165) is 17.6 Å². The highest BCUT2D eigenvalue weighted by Crippen LogP contribution is 2.36. The van der Waals surface area contributed by atoms with Gasteiger partial charge in [0.2, 0.25) is 35.4 Å². The number of aliphatic hydroxyl groups is 1. The first-order valence-corrected chi connectivity index (χ1v) is 25.3. The van der Waals surface area contributed by atoms with Crippen molar-refractivity contribution in [1.82, 2.24) is 36.9 Å². The molecule has 1 saturated heterocycles. The van der Waals surface area contributed by atoms with E-state index in [-0.39, 0.29) is 69.2 Å². The number of para-hydroxylation sites is 1. The molecular formula is C46H62F3N13O15S. The number of thioether (sulfide) groups is 1. The maximum atomic E-state index is 14.1. The van der Waals surface area contributed by atoms with Gasteiger partial charge in [-0.2, -0.15) is 24.9 Å². The van der Waals surface area contributed by atoms with Gasteiger partial charge in [0.1, 0.15) is 41.9 Å². The summed E-state index contributed by atoms with van der Waals surface area (Å²) in [6, 6.07) is 2.37. The first-order chi connectivity index (χ1) is 36.7. The van der Waals surface area contributed by atoms with Gasteiger partial charge in [0, 0.05) is 42.7 Å². The molecular weight excluding hydrogens is 1060 g/mol. The van der Waals surface area contributed by atoms with Gasteiger partial charge in [0.15, 0.2) is 5.96 Å². The van der Waals surface area contributed by atoms with Gasteiger partial charge in [-0.25, -0.2) is 9.59 Å². The van der Waals surface area contributed by atoms with Gasteiger partial charge in [-0.1, -0.05) is 32.0 Å². The van der Waals surface area contributed by atoms with Crippen LogP contribution in [0.15, 0.2) is 53.7 Å². The molecule has 28 nitrogen and oxygen atoms in total. The van der Waals surface area contributed by atoms with Crippen LogP contribution in [0.1, 0.15) is 57.9 Å². The number of nitro benzene ring substituents is 2. The lowest BCUT2D eigenvalue weighted by Gasteiger charge is -2.28. The van der Waals surface area contributed by atoms with Crippen molar-refractivity contribution in [2.75, 3.05) is 43.1 Å². The van der Waals surface area contributed by atoms with E-state index in [2.05, 4.69) is 41.9 Å². The zero-order valence-corrected chi connectivity index (χ0v) is 43.2. The number of carbonyl (C=O) groups is 8. The molecule has 32 heteroatoms. The molecule has 3 aromatic rings. The van der Waals surface area contributed by atoms with Crippen LogP contribution in [-0.4, -0.2) is 164 Å². The molecule has 0 unspecified atom stereocenters. The number of aromatic nitrogens is 1. The lowest BCUT2D eigenvalue weighted by molar-refractivity contribution is -0.393. The largest absolute Gasteiger partial charge is 0.490 e. The minimum atomic E-state index is -5.08. The summed E-state index contributed by atoms with van der Waals surface area (Å²) in [5, 5.41) is 66.1. The third-order valence-corrected chi connectivity index (χ3v) is 12.3. The van der Waals surface area contributed by atoms with Crippen LogP contribution in [0.4, 0.5) is 30.2 Å². The summed E-state index contributed by atoms with van der Waals surface area (Å²) >= 11 is 1.36. The number of nitrogens with one attached hydrogen (secondary N) is 7. The maximum Gasteiger partial charge on any atom is 0.490 e. The number of amides is 6. The molecule has 0 bridgehead atoms. The average molecular weight is 1130 g/mol. The summed E-state index contributed by atoms with van der Waals surface area (Å²) < 4.78 is 31.7. The molecule has 0 spiro atoms. The second-order valence-corrected chi connectivity index (χ2v) is 18.9. The Morgan fingerprint density at radius 1 is 0.859 bits per heavy atom. The Labute approximate surface area is 446 Å². The molecule has 1 aliphatic heterocycles. The number of benzene rings is 2. The van der Waals surface area contributed by atoms with Crippen molar-refractivity contribution in [3.8, 4) is 0 Å².